The molecule has 3 aromatic rings. The standard InChI is InChI=1S/C18H19N5O3/c24-17(11-23-18(25)14-4-2-1-3-13(14)10-19-23)20-16-9-15(21-22-16)12-5-7-26-8-6-12/h1-4,9-10,12H,5-8,11H2,(H2,20,21,22,24). The van der Waals surface area contributed by atoms with Crippen LogP contribution in [0.25, 0.3) is 10.8 Å². The molecule has 0 saturated carbocycles. The van der Waals surface area contributed by atoms with Gasteiger partial charge in [-0.1, -0.05) is 18.2 Å². The number of fused-ring (bicyclic) bond motifs is 1. The predicted octanol–water partition coefficient (Wildman–Crippen LogP) is 1.65. The molecular weight excluding hydrogens is 334 g/mol. The van der Waals surface area contributed by atoms with E-state index in [0.717, 1.165) is 41.8 Å². The Morgan fingerprint density at radius 2 is 2.12 bits per heavy atom. The summed E-state index contributed by atoms with van der Waals surface area (Å²) >= 11 is 0. The number of benzene rings is 1. The van der Waals surface area contributed by atoms with Gasteiger partial charge in [-0.25, -0.2) is 4.68 Å². The highest BCUT2D eigenvalue weighted by molar-refractivity contribution is 5.89. The van der Waals surface area contributed by atoms with E-state index in [0.29, 0.717) is 17.1 Å². The Kier molecular flexibility index (Phi) is 4.49. The van der Waals surface area contributed by atoms with Gasteiger partial charge in [0.1, 0.15) is 6.54 Å². The van der Waals surface area contributed by atoms with E-state index in [4.69, 9.17) is 4.74 Å². The summed E-state index contributed by atoms with van der Waals surface area (Å²) in [5.74, 6) is 0.469. The fourth-order valence-corrected chi connectivity index (χ4v) is 3.18. The second-order valence-corrected chi connectivity index (χ2v) is 6.34. The summed E-state index contributed by atoms with van der Waals surface area (Å²) in [4.78, 5) is 24.7. The van der Waals surface area contributed by atoms with Crippen LogP contribution in [-0.2, 0) is 16.1 Å². The molecule has 1 amide bonds. The number of nitrogens with zero attached hydrogens (tertiary/aromatic N) is 3. The van der Waals surface area contributed by atoms with Crippen LogP contribution in [0.3, 0.4) is 0 Å². The molecule has 4 rings (SSSR count). The van der Waals surface area contributed by atoms with Crippen molar-refractivity contribution in [3.63, 3.8) is 0 Å². The molecule has 0 aliphatic carbocycles. The van der Waals surface area contributed by atoms with Crippen LogP contribution in [0.2, 0.25) is 0 Å². The second-order valence-electron chi connectivity index (χ2n) is 6.34. The van der Waals surface area contributed by atoms with Gasteiger partial charge in [-0.05, 0) is 18.9 Å². The quantitative estimate of drug-likeness (QED) is 0.743. The monoisotopic (exact) mass is 353 g/mol. The average Bonchev–Trinajstić information content (AvgIpc) is 3.13. The third kappa shape index (κ3) is 3.36. The largest absolute Gasteiger partial charge is 0.381 e. The number of amides is 1. The minimum Gasteiger partial charge on any atom is -0.381 e. The van der Waals surface area contributed by atoms with Gasteiger partial charge < -0.3 is 10.1 Å². The molecule has 26 heavy (non-hydrogen) atoms. The SMILES string of the molecule is O=C(Cn1ncc2ccccc2c1=O)Nc1cc(C2CCOCC2)[nH]n1. The van der Waals surface area contributed by atoms with Gasteiger partial charge >= 0.3 is 0 Å². The van der Waals surface area contributed by atoms with Gasteiger partial charge in [-0.15, -0.1) is 0 Å². The van der Waals surface area contributed by atoms with Crippen molar-refractivity contribution in [1.29, 1.82) is 0 Å². The molecule has 134 valence electrons. The zero-order chi connectivity index (χ0) is 17.9. The van der Waals surface area contributed by atoms with Crippen LogP contribution in [0.4, 0.5) is 5.82 Å². The maximum Gasteiger partial charge on any atom is 0.275 e. The van der Waals surface area contributed by atoms with Gasteiger partial charge in [-0.2, -0.15) is 10.2 Å². The second kappa shape index (κ2) is 7.09. The number of ether oxygens (including phenoxy) is 1. The highest BCUT2D eigenvalue weighted by Gasteiger charge is 2.18. The molecule has 1 aliphatic heterocycles. The molecule has 2 N–H and O–H groups in total. The zero-order valence-corrected chi connectivity index (χ0v) is 14.1. The summed E-state index contributed by atoms with van der Waals surface area (Å²) in [6.07, 6.45) is 3.46. The normalized spacial score (nSPS) is 15.2. The highest BCUT2D eigenvalue weighted by atomic mass is 16.5. The molecule has 8 heteroatoms. The number of carbonyl (C=O) groups excluding carboxylic acids is 1. The minimum atomic E-state index is -0.347. The van der Waals surface area contributed by atoms with Crippen molar-refractivity contribution in [2.45, 2.75) is 25.3 Å². The van der Waals surface area contributed by atoms with Crippen molar-refractivity contribution >= 4 is 22.5 Å². The lowest BCUT2D eigenvalue weighted by molar-refractivity contribution is -0.117. The maximum absolute atomic E-state index is 12.4. The molecule has 0 bridgehead atoms. The lowest BCUT2D eigenvalue weighted by Crippen LogP contribution is -2.29. The number of anilines is 1. The number of aromatic amines is 1. The molecule has 0 atom stereocenters. The highest BCUT2D eigenvalue weighted by Crippen LogP contribution is 2.26. The molecule has 1 aliphatic rings. The number of nitrogens with one attached hydrogen (secondary N) is 2. The lowest BCUT2D eigenvalue weighted by Gasteiger charge is -2.20. The fraction of sp³-hybridized carbons (Fsp3) is 0.333. The molecule has 0 radical (unpaired) electrons. The Morgan fingerprint density at radius 1 is 1.31 bits per heavy atom. The van der Waals surface area contributed by atoms with Crippen molar-refractivity contribution in [2.24, 2.45) is 0 Å². The van der Waals surface area contributed by atoms with Crippen molar-refractivity contribution in [1.82, 2.24) is 20.0 Å². The summed E-state index contributed by atoms with van der Waals surface area (Å²) in [5.41, 5.74) is 0.702. The smallest absolute Gasteiger partial charge is 0.275 e. The van der Waals surface area contributed by atoms with Gasteiger partial charge in [0.05, 0.1) is 11.6 Å². The zero-order valence-electron chi connectivity index (χ0n) is 14.1. The number of hydrogen-bond acceptors (Lipinski definition) is 5. The van der Waals surface area contributed by atoms with Crippen molar-refractivity contribution in [3.05, 3.63) is 52.6 Å². The van der Waals surface area contributed by atoms with E-state index >= 15 is 0 Å². The molecule has 1 saturated heterocycles. The lowest BCUT2D eigenvalue weighted by atomic mass is 9.97. The summed E-state index contributed by atoms with van der Waals surface area (Å²) in [6, 6.07) is 9.01. The molecule has 1 fully saturated rings. The molecule has 3 heterocycles. The number of aromatic nitrogens is 4. The summed E-state index contributed by atoms with van der Waals surface area (Å²) in [6.45, 7) is 1.31. The first-order valence-corrected chi connectivity index (χ1v) is 8.58. The first kappa shape index (κ1) is 16.5. The third-order valence-corrected chi connectivity index (χ3v) is 4.58. The van der Waals surface area contributed by atoms with Crippen LogP contribution in [0.1, 0.15) is 24.5 Å². The first-order valence-electron chi connectivity index (χ1n) is 8.58. The summed E-state index contributed by atoms with van der Waals surface area (Å²) in [5, 5.41) is 15.2. The van der Waals surface area contributed by atoms with Crippen molar-refractivity contribution in [3.8, 4) is 0 Å². The van der Waals surface area contributed by atoms with Crippen LogP contribution >= 0.6 is 0 Å². The van der Waals surface area contributed by atoms with E-state index < -0.39 is 0 Å². The van der Waals surface area contributed by atoms with E-state index in [1.165, 1.54) is 0 Å². The summed E-state index contributed by atoms with van der Waals surface area (Å²) < 4.78 is 6.51. The molecule has 0 unspecified atom stereocenters. The topological polar surface area (TPSA) is 102 Å². The predicted molar refractivity (Wildman–Crippen MR) is 96.0 cm³/mol. The number of carbonyl (C=O) groups is 1. The van der Waals surface area contributed by atoms with Crippen LogP contribution in [0.15, 0.2) is 41.3 Å². The van der Waals surface area contributed by atoms with Gasteiger partial charge in [0.15, 0.2) is 5.82 Å². The average molecular weight is 353 g/mol. The molecule has 2 aromatic heterocycles. The van der Waals surface area contributed by atoms with Crippen molar-refractivity contribution in [2.75, 3.05) is 18.5 Å². The van der Waals surface area contributed by atoms with Gasteiger partial charge in [0.2, 0.25) is 5.91 Å². The van der Waals surface area contributed by atoms with Gasteiger partial charge in [0, 0.05) is 36.3 Å². The van der Waals surface area contributed by atoms with E-state index in [1.54, 1.807) is 18.3 Å². The molecular formula is C18H19N5O3. The van der Waals surface area contributed by atoms with Crippen LogP contribution in [0, 0.1) is 0 Å². The van der Waals surface area contributed by atoms with Crippen LogP contribution in [0.5, 0.6) is 0 Å². The Morgan fingerprint density at radius 3 is 2.96 bits per heavy atom. The van der Waals surface area contributed by atoms with Crippen LogP contribution < -0.4 is 10.9 Å². The maximum atomic E-state index is 12.4. The van der Waals surface area contributed by atoms with E-state index in [-0.39, 0.29) is 18.0 Å². The minimum absolute atomic E-state index is 0.164. The third-order valence-electron chi connectivity index (χ3n) is 4.58. The summed E-state index contributed by atoms with van der Waals surface area (Å²) in [7, 11) is 0. The Hall–Kier alpha value is -3.00. The Labute approximate surface area is 149 Å². The number of hydrogen-bond donors (Lipinski definition) is 2. The first-order chi connectivity index (χ1) is 12.7. The van der Waals surface area contributed by atoms with E-state index in [1.807, 2.05) is 18.2 Å². The van der Waals surface area contributed by atoms with E-state index in [9.17, 15) is 9.59 Å². The molecule has 1 aromatic carbocycles. The Balaban J connectivity index is 1.45. The fourth-order valence-electron chi connectivity index (χ4n) is 3.18. The van der Waals surface area contributed by atoms with Crippen molar-refractivity contribution < 1.29 is 9.53 Å². The molecule has 8 nitrogen and oxygen atoms in total. The molecule has 0 spiro atoms. The van der Waals surface area contributed by atoms with E-state index in [2.05, 4.69) is 20.6 Å². The van der Waals surface area contributed by atoms with Gasteiger partial charge in [0.25, 0.3) is 5.56 Å². The number of H-pyrrole nitrogens is 1. The Bertz CT molecular complexity index is 988. The van der Waals surface area contributed by atoms with Crippen LogP contribution in [-0.4, -0.2) is 39.1 Å². The number of rotatable bonds is 4. The van der Waals surface area contributed by atoms with Gasteiger partial charge in [-0.3, -0.25) is 14.7 Å².